The molecule has 0 aliphatic heterocycles. The van der Waals surface area contributed by atoms with Crippen LogP contribution in [0.5, 0.6) is 0 Å². The molecule has 0 amide bonds. The van der Waals surface area contributed by atoms with Crippen LogP contribution in [-0.2, 0) is 14.3 Å². The summed E-state index contributed by atoms with van der Waals surface area (Å²) in [5.74, 6) is 0.227. The molecule has 2 aliphatic carbocycles. The normalized spacial score (nSPS) is 35.2. The Labute approximate surface area is 121 Å². The Morgan fingerprint density at radius 3 is 2.45 bits per heavy atom. The zero-order valence-electron chi connectivity index (χ0n) is 13.1. The van der Waals surface area contributed by atoms with Crippen molar-refractivity contribution in [2.45, 2.75) is 53.4 Å². The largest absolute Gasteiger partial charge is 0.457 e. The summed E-state index contributed by atoms with van der Waals surface area (Å²) >= 11 is 0. The molecule has 1 fully saturated rings. The molecule has 0 heterocycles. The first kappa shape index (κ1) is 15.3. The van der Waals surface area contributed by atoms with E-state index in [0.29, 0.717) is 5.92 Å². The smallest absolute Gasteiger partial charge is 0.309 e. The molecule has 0 aromatic heterocycles. The Balaban J connectivity index is 1.91. The fourth-order valence-corrected chi connectivity index (χ4v) is 3.41. The maximum absolute atomic E-state index is 12.5. The van der Waals surface area contributed by atoms with E-state index in [1.807, 2.05) is 6.92 Å². The predicted octanol–water partition coefficient (Wildman–Crippen LogP) is 3.53. The molecule has 0 spiro atoms. The van der Waals surface area contributed by atoms with E-state index in [1.165, 1.54) is 0 Å². The van der Waals surface area contributed by atoms with E-state index in [-0.39, 0.29) is 29.7 Å². The zero-order valence-corrected chi connectivity index (χ0v) is 13.1. The van der Waals surface area contributed by atoms with Gasteiger partial charge in [-0.3, -0.25) is 9.59 Å². The van der Waals surface area contributed by atoms with Crippen LogP contribution >= 0.6 is 0 Å². The first-order valence-electron chi connectivity index (χ1n) is 7.65. The van der Waals surface area contributed by atoms with Crippen LogP contribution in [0.15, 0.2) is 12.2 Å². The Kier molecular flexibility index (Phi) is 4.08. The van der Waals surface area contributed by atoms with Crippen LogP contribution in [0, 0.1) is 22.7 Å². The van der Waals surface area contributed by atoms with Crippen LogP contribution in [0.4, 0.5) is 0 Å². The summed E-state index contributed by atoms with van der Waals surface area (Å²) in [6, 6.07) is 0. The van der Waals surface area contributed by atoms with Gasteiger partial charge < -0.3 is 4.74 Å². The van der Waals surface area contributed by atoms with E-state index in [2.05, 4.69) is 32.9 Å². The van der Waals surface area contributed by atoms with Crippen LogP contribution in [0.1, 0.15) is 53.4 Å². The predicted molar refractivity (Wildman–Crippen MR) is 78.1 cm³/mol. The van der Waals surface area contributed by atoms with Crippen molar-refractivity contribution in [3.8, 4) is 0 Å². The number of Topliss-reactive ketones (excluding diaryl/α,β-unsaturated/α-hetero) is 1. The number of rotatable bonds is 4. The zero-order chi connectivity index (χ0) is 15.0. The van der Waals surface area contributed by atoms with E-state index in [1.54, 1.807) is 0 Å². The summed E-state index contributed by atoms with van der Waals surface area (Å²) in [4.78, 5) is 24.5. The van der Waals surface area contributed by atoms with Crippen molar-refractivity contribution in [2.24, 2.45) is 22.7 Å². The number of allylic oxidation sites excluding steroid dienone is 2. The van der Waals surface area contributed by atoms with Gasteiger partial charge in [-0.2, -0.15) is 0 Å². The second-order valence-electron chi connectivity index (χ2n) is 7.21. The fraction of sp³-hybridized carbons (Fsp3) is 0.765. The molecule has 0 aromatic carbocycles. The van der Waals surface area contributed by atoms with Gasteiger partial charge in [-0.25, -0.2) is 0 Å². The van der Waals surface area contributed by atoms with Crippen LogP contribution in [0.25, 0.3) is 0 Å². The van der Waals surface area contributed by atoms with Crippen LogP contribution in [-0.4, -0.2) is 18.4 Å². The molecule has 0 radical (unpaired) electrons. The molecule has 1 saturated carbocycles. The molecule has 2 aliphatic rings. The third-order valence-corrected chi connectivity index (χ3v) is 5.61. The highest BCUT2D eigenvalue weighted by Gasteiger charge is 2.47. The summed E-state index contributed by atoms with van der Waals surface area (Å²) in [5, 5.41) is 0. The summed E-state index contributed by atoms with van der Waals surface area (Å²) in [6.45, 7) is 8.11. The van der Waals surface area contributed by atoms with E-state index >= 15 is 0 Å². The van der Waals surface area contributed by atoms with E-state index in [4.69, 9.17) is 4.74 Å². The fourth-order valence-electron chi connectivity index (χ4n) is 3.41. The van der Waals surface area contributed by atoms with Crippen LogP contribution < -0.4 is 0 Å². The summed E-state index contributed by atoms with van der Waals surface area (Å²) in [6.07, 6.45) is 7.95. The van der Waals surface area contributed by atoms with Gasteiger partial charge >= 0.3 is 5.97 Å². The topological polar surface area (TPSA) is 43.4 Å². The first-order valence-corrected chi connectivity index (χ1v) is 7.65. The number of ether oxygens (including phenoxy) is 1. The molecule has 0 bridgehead atoms. The molecule has 1 unspecified atom stereocenters. The van der Waals surface area contributed by atoms with Crippen molar-refractivity contribution in [1.29, 1.82) is 0 Å². The lowest BCUT2D eigenvalue weighted by atomic mass is 9.66. The monoisotopic (exact) mass is 278 g/mol. The molecule has 20 heavy (non-hydrogen) atoms. The average Bonchev–Trinajstić information content (AvgIpc) is 2.91. The van der Waals surface area contributed by atoms with Crippen molar-refractivity contribution in [2.75, 3.05) is 6.61 Å². The highest BCUT2D eigenvalue weighted by molar-refractivity contribution is 5.89. The second-order valence-corrected chi connectivity index (χ2v) is 7.21. The quantitative estimate of drug-likeness (QED) is 0.583. The lowest BCUT2D eigenvalue weighted by Crippen LogP contribution is -2.41. The van der Waals surface area contributed by atoms with Gasteiger partial charge in [-0.05, 0) is 30.6 Å². The minimum atomic E-state index is -0.450. The lowest BCUT2D eigenvalue weighted by molar-refractivity contribution is -0.156. The van der Waals surface area contributed by atoms with Crippen molar-refractivity contribution in [3.05, 3.63) is 12.2 Å². The SMILES string of the molecule is C[C@@H]1CCCC1C(=O)OCC(=O)[C@]1(C)CC=CC1(C)C. The lowest BCUT2D eigenvalue weighted by Gasteiger charge is -2.36. The molecule has 3 atom stereocenters. The van der Waals surface area contributed by atoms with E-state index < -0.39 is 5.41 Å². The van der Waals surface area contributed by atoms with Gasteiger partial charge in [0.15, 0.2) is 12.4 Å². The Hall–Kier alpha value is -1.12. The number of carbonyl (C=O) groups excluding carboxylic acids is 2. The van der Waals surface area contributed by atoms with E-state index in [0.717, 1.165) is 25.7 Å². The van der Waals surface area contributed by atoms with Gasteiger partial charge in [-0.15, -0.1) is 0 Å². The average molecular weight is 278 g/mol. The number of esters is 1. The Morgan fingerprint density at radius 1 is 1.25 bits per heavy atom. The van der Waals surface area contributed by atoms with Gasteiger partial charge in [0.05, 0.1) is 5.92 Å². The highest BCUT2D eigenvalue weighted by Crippen LogP contribution is 2.48. The van der Waals surface area contributed by atoms with Gasteiger partial charge in [0.25, 0.3) is 0 Å². The van der Waals surface area contributed by atoms with Gasteiger partial charge in [0.1, 0.15) is 0 Å². The minimum Gasteiger partial charge on any atom is -0.457 e. The summed E-state index contributed by atoms with van der Waals surface area (Å²) in [7, 11) is 0. The third kappa shape index (κ3) is 2.55. The maximum Gasteiger partial charge on any atom is 0.309 e. The Morgan fingerprint density at radius 2 is 1.95 bits per heavy atom. The number of hydrogen-bond donors (Lipinski definition) is 0. The van der Waals surface area contributed by atoms with E-state index in [9.17, 15) is 9.59 Å². The third-order valence-electron chi connectivity index (χ3n) is 5.61. The van der Waals surface area contributed by atoms with Crippen molar-refractivity contribution in [3.63, 3.8) is 0 Å². The minimum absolute atomic E-state index is 0.00896. The molecule has 0 N–H and O–H groups in total. The van der Waals surface area contributed by atoms with Crippen molar-refractivity contribution >= 4 is 11.8 Å². The second kappa shape index (κ2) is 5.34. The molecular weight excluding hydrogens is 252 g/mol. The molecule has 3 heteroatoms. The molecule has 3 nitrogen and oxygen atoms in total. The van der Waals surface area contributed by atoms with Crippen LogP contribution in [0.2, 0.25) is 0 Å². The van der Waals surface area contributed by atoms with Crippen molar-refractivity contribution in [1.82, 2.24) is 0 Å². The molecule has 0 aromatic rings. The Bertz CT molecular complexity index is 436. The summed E-state index contributed by atoms with van der Waals surface area (Å²) < 4.78 is 5.31. The summed E-state index contributed by atoms with van der Waals surface area (Å²) in [5.41, 5.74) is -0.619. The molecule has 2 rings (SSSR count). The van der Waals surface area contributed by atoms with Crippen LogP contribution in [0.3, 0.4) is 0 Å². The van der Waals surface area contributed by atoms with Crippen molar-refractivity contribution < 1.29 is 14.3 Å². The number of ketones is 1. The maximum atomic E-state index is 12.5. The molecular formula is C17H26O3. The molecule has 0 saturated heterocycles. The number of hydrogen-bond acceptors (Lipinski definition) is 3. The number of carbonyl (C=O) groups is 2. The first-order chi connectivity index (χ1) is 9.28. The highest BCUT2D eigenvalue weighted by atomic mass is 16.5. The van der Waals surface area contributed by atoms with Gasteiger partial charge in [-0.1, -0.05) is 46.3 Å². The molecule has 112 valence electrons. The van der Waals surface area contributed by atoms with Gasteiger partial charge in [0.2, 0.25) is 0 Å². The standard InChI is InChI=1S/C17H26O3/c1-12-7-5-8-13(12)15(19)20-11-14(18)17(4)10-6-9-16(17,2)3/h6,9,12-13H,5,7-8,10-11H2,1-4H3/t12-,13?,17+/m1/s1. The van der Waals surface area contributed by atoms with Gasteiger partial charge in [0, 0.05) is 5.41 Å².